The molecule has 3 aromatic carbocycles. The maximum Gasteiger partial charge on any atom is 0.319 e. The lowest BCUT2D eigenvalue weighted by atomic mass is 9.96. The normalized spacial score (nSPS) is 17.0. The molecule has 0 radical (unpaired) electrons. The number of anilines is 2. The van der Waals surface area contributed by atoms with Gasteiger partial charge >= 0.3 is 6.01 Å². The monoisotopic (exact) mass is 721 g/mol. The van der Waals surface area contributed by atoms with E-state index in [1.807, 2.05) is 4.90 Å². The van der Waals surface area contributed by atoms with Crippen molar-refractivity contribution < 1.29 is 26.7 Å². The zero-order valence-electron chi connectivity index (χ0n) is 27.5. The number of terminal acetylenes is 1. The number of hydrogen-bond acceptors (Lipinski definition) is 11. The van der Waals surface area contributed by atoms with Crippen molar-refractivity contribution in [2.75, 3.05) is 29.9 Å². The first-order valence-electron chi connectivity index (χ1n) is 16.3. The van der Waals surface area contributed by atoms with Gasteiger partial charge in [-0.3, -0.25) is 9.78 Å². The van der Waals surface area contributed by atoms with Crippen molar-refractivity contribution in [1.29, 1.82) is 0 Å². The molecule has 3 aromatic heterocycles. The van der Waals surface area contributed by atoms with Crippen LogP contribution in [0.5, 0.6) is 6.01 Å². The van der Waals surface area contributed by atoms with E-state index >= 15 is 4.39 Å². The summed E-state index contributed by atoms with van der Waals surface area (Å²) in [6.45, 7) is 2.26. The number of nitrogens with zero attached hydrogens (tertiary/aromatic N) is 7. The number of aryl methyl sites for hydroxylation is 1. The predicted molar refractivity (Wildman–Crippen MR) is 188 cm³/mol. The van der Waals surface area contributed by atoms with Crippen LogP contribution in [0, 0.1) is 30.9 Å². The number of hydrogen-bond donors (Lipinski definition) is 2. The molecule has 2 bridgehead atoms. The molecule has 8 rings (SSSR count). The maximum absolute atomic E-state index is 16.7. The molecule has 5 heterocycles. The summed E-state index contributed by atoms with van der Waals surface area (Å²) >= 11 is 0. The molecule has 2 atom stereocenters. The number of halogens is 2. The fraction of sp³-hybridized carbons (Fsp3) is 0.222. The highest BCUT2D eigenvalue weighted by Crippen LogP contribution is 2.37. The first-order chi connectivity index (χ1) is 25.1. The van der Waals surface area contributed by atoms with Gasteiger partial charge in [-0.15, -0.1) is 15.6 Å². The van der Waals surface area contributed by atoms with Crippen LogP contribution in [0.3, 0.4) is 0 Å². The van der Waals surface area contributed by atoms with Crippen molar-refractivity contribution in [3.05, 3.63) is 90.1 Å². The van der Waals surface area contributed by atoms with Gasteiger partial charge in [-0.1, -0.05) is 30.2 Å². The highest BCUT2D eigenvalue weighted by Gasteiger charge is 2.34. The number of carbonyl (C=O) groups is 1. The molecule has 0 saturated carbocycles. The molecule has 0 spiro atoms. The van der Waals surface area contributed by atoms with Gasteiger partial charge in [-0.2, -0.15) is 18.4 Å². The molecule has 6 aromatic rings. The van der Waals surface area contributed by atoms with Gasteiger partial charge in [0.1, 0.15) is 35.0 Å². The van der Waals surface area contributed by atoms with Crippen molar-refractivity contribution in [2.45, 2.75) is 36.7 Å². The van der Waals surface area contributed by atoms with E-state index in [4.69, 9.17) is 11.2 Å². The number of aromatic nitrogens is 6. The Kier molecular flexibility index (Phi) is 8.23. The summed E-state index contributed by atoms with van der Waals surface area (Å²) in [5.41, 5.74) is 0.412. The summed E-state index contributed by atoms with van der Waals surface area (Å²) in [6, 6.07) is 13.6. The second-order valence-electron chi connectivity index (χ2n) is 12.6. The number of fused-ring (bicyclic) bond motifs is 4. The number of rotatable bonds is 8. The number of amides is 1. The van der Waals surface area contributed by atoms with Crippen molar-refractivity contribution >= 4 is 49.1 Å². The van der Waals surface area contributed by atoms with Crippen molar-refractivity contribution in [1.82, 2.24) is 34.4 Å². The largest absolute Gasteiger partial charge is 0.453 e. The Morgan fingerprint density at radius 2 is 1.83 bits per heavy atom. The maximum atomic E-state index is 16.7. The molecule has 2 N–H and O–H groups in total. The average Bonchev–Trinajstić information content (AvgIpc) is 3.74. The first-order valence-corrected chi connectivity index (χ1v) is 17.7. The minimum absolute atomic E-state index is 0.00865. The molecule has 2 aliphatic heterocycles. The number of carbonyl (C=O) groups excluding carboxylic acids is 1. The van der Waals surface area contributed by atoms with E-state index in [0.717, 1.165) is 23.3 Å². The van der Waals surface area contributed by atoms with E-state index in [-0.39, 0.29) is 39.8 Å². The SMILES string of the molecule is C#Cc1c(F)ccc2cccc(-c3ncc4c(N5C[C@H]6CC[C@@H](C5)N6)nc(OCC(=O)Nc5ccc(S(=O)(=O)n6cnc(C)n6)cc5)nc4c3F)c12. The third-order valence-electron chi connectivity index (χ3n) is 9.16. The molecule has 1 amide bonds. The highest BCUT2D eigenvalue weighted by atomic mass is 32.2. The van der Waals surface area contributed by atoms with Crippen LogP contribution in [0.1, 0.15) is 24.2 Å². The van der Waals surface area contributed by atoms with E-state index in [2.05, 4.69) is 41.6 Å². The van der Waals surface area contributed by atoms with Crippen LogP contribution in [0.2, 0.25) is 0 Å². The highest BCUT2D eigenvalue weighted by molar-refractivity contribution is 7.89. The third kappa shape index (κ3) is 5.93. The van der Waals surface area contributed by atoms with Crippen LogP contribution in [0.25, 0.3) is 32.9 Å². The molecule has 2 fully saturated rings. The Morgan fingerprint density at radius 3 is 2.54 bits per heavy atom. The summed E-state index contributed by atoms with van der Waals surface area (Å²) in [6.07, 6.45) is 10.3. The van der Waals surface area contributed by atoms with Crippen LogP contribution in [0.15, 0.2) is 72.0 Å². The molecule has 262 valence electrons. The first kappa shape index (κ1) is 33.1. The van der Waals surface area contributed by atoms with E-state index in [9.17, 15) is 17.6 Å². The minimum atomic E-state index is -3.96. The molecular formula is C36H29F2N9O4S. The average molecular weight is 722 g/mol. The smallest absolute Gasteiger partial charge is 0.319 e. The van der Waals surface area contributed by atoms with Gasteiger partial charge in [0.05, 0.1) is 15.8 Å². The van der Waals surface area contributed by atoms with Crippen LogP contribution in [0.4, 0.5) is 20.3 Å². The van der Waals surface area contributed by atoms with E-state index in [1.54, 1.807) is 31.2 Å². The topological polar surface area (TPSA) is 157 Å². The fourth-order valence-electron chi connectivity index (χ4n) is 6.77. The molecule has 2 saturated heterocycles. The second-order valence-corrected chi connectivity index (χ2v) is 14.4. The summed E-state index contributed by atoms with van der Waals surface area (Å²) in [5.74, 6) is 1.10. The number of piperazine rings is 1. The molecule has 0 unspecified atom stereocenters. The van der Waals surface area contributed by atoms with Crippen molar-refractivity contribution in [2.24, 2.45) is 0 Å². The molecule has 13 nitrogen and oxygen atoms in total. The minimum Gasteiger partial charge on any atom is -0.453 e. The van der Waals surface area contributed by atoms with Gasteiger partial charge in [-0.25, -0.2) is 13.8 Å². The van der Waals surface area contributed by atoms with Gasteiger partial charge in [0.25, 0.3) is 15.9 Å². The summed E-state index contributed by atoms with van der Waals surface area (Å²) in [5, 5.41) is 11.4. The predicted octanol–water partition coefficient (Wildman–Crippen LogP) is 4.20. The zero-order chi connectivity index (χ0) is 36.1. The number of pyridine rings is 1. The Morgan fingerprint density at radius 1 is 1.06 bits per heavy atom. The van der Waals surface area contributed by atoms with Crippen LogP contribution in [-0.4, -0.2) is 75.2 Å². The molecule has 2 aliphatic rings. The Balaban J connectivity index is 1.11. The van der Waals surface area contributed by atoms with Gasteiger partial charge in [0.2, 0.25) is 0 Å². The number of ether oxygens (including phenoxy) is 1. The summed E-state index contributed by atoms with van der Waals surface area (Å²) in [4.78, 5) is 32.3. The van der Waals surface area contributed by atoms with E-state index < -0.39 is 34.2 Å². The molecule has 0 aliphatic carbocycles. The molecule has 52 heavy (non-hydrogen) atoms. The van der Waals surface area contributed by atoms with Crippen molar-refractivity contribution in [3.8, 4) is 29.6 Å². The fourth-order valence-corrected chi connectivity index (χ4v) is 7.86. The lowest BCUT2D eigenvalue weighted by molar-refractivity contribution is -0.118. The summed E-state index contributed by atoms with van der Waals surface area (Å²) < 4.78 is 63.7. The Bertz CT molecular complexity index is 2540. The second kappa shape index (κ2) is 12.9. The van der Waals surface area contributed by atoms with Crippen LogP contribution in [-0.2, 0) is 14.8 Å². The van der Waals surface area contributed by atoms with Gasteiger partial charge < -0.3 is 20.3 Å². The van der Waals surface area contributed by atoms with Crippen LogP contribution >= 0.6 is 0 Å². The van der Waals surface area contributed by atoms with Gasteiger partial charge in [0, 0.05) is 48.0 Å². The lowest BCUT2D eigenvalue weighted by Crippen LogP contribution is -2.51. The Hall–Kier alpha value is -6.05. The van der Waals surface area contributed by atoms with Gasteiger partial charge in [0.15, 0.2) is 12.4 Å². The van der Waals surface area contributed by atoms with Crippen LogP contribution < -0.4 is 20.3 Å². The summed E-state index contributed by atoms with van der Waals surface area (Å²) in [7, 11) is -3.96. The standard InChI is InChI=1S/C36H29F2N9O4S/c1-3-26-29(37)14-7-21-5-4-6-27(31(21)26)33-32(38)34-28(15-39-33)35(46-16-23-8-9-24(17-46)41-23)44-36(43-34)51-18-30(48)42-22-10-12-25(13-11-22)52(49,50)47-19-40-20(2)45-47/h1,4-7,10-15,19,23-24,41H,8-9,16-18H2,2H3,(H,42,48)/t23-,24+. The molecular weight excluding hydrogens is 693 g/mol. The van der Waals surface area contributed by atoms with E-state index in [1.165, 1.54) is 36.5 Å². The quantitative estimate of drug-likeness (QED) is 0.217. The van der Waals surface area contributed by atoms with E-state index in [0.29, 0.717) is 52.1 Å². The van der Waals surface area contributed by atoms with Crippen molar-refractivity contribution in [3.63, 3.8) is 0 Å². The lowest BCUT2D eigenvalue weighted by Gasteiger charge is -2.34. The number of benzene rings is 3. The zero-order valence-corrected chi connectivity index (χ0v) is 28.4. The third-order valence-corrected chi connectivity index (χ3v) is 10.7. The molecule has 16 heteroatoms. The number of nitrogens with one attached hydrogen (secondary N) is 2. The Labute approximate surface area is 296 Å². The van der Waals surface area contributed by atoms with Gasteiger partial charge in [-0.05, 0) is 55.5 Å².